The molecule has 0 aliphatic carbocycles. The molecule has 0 amide bonds. The molecule has 1 aliphatic rings. The SMILES string of the molecule is Fc1ccc2c(c1)CC(C(F)(F)F)N2. The molecule has 1 aliphatic heterocycles. The van der Waals surface area contributed by atoms with Crippen LogP contribution in [0.25, 0.3) is 0 Å². The standard InChI is InChI=1S/C9H7F4N/c10-6-1-2-7-5(3-6)4-8(14-7)9(11,12)13/h1-3,8,14H,4H2. The minimum atomic E-state index is -4.28. The summed E-state index contributed by atoms with van der Waals surface area (Å²) in [5.74, 6) is -0.506. The lowest BCUT2D eigenvalue weighted by atomic mass is 10.1. The number of hydrogen-bond donors (Lipinski definition) is 1. The minimum absolute atomic E-state index is 0.198. The van der Waals surface area contributed by atoms with Gasteiger partial charge in [-0.3, -0.25) is 0 Å². The van der Waals surface area contributed by atoms with E-state index in [1.54, 1.807) is 0 Å². The molecule has 1 nitrogen and oxygen atoms in total. The molecular weight excluding hydrogens is 198 g/mol. The van der Waals surface area contributed by atoms with Gasteiger partial charge < -0.3 is 5.32 Å². The van der Waals surface area contributed by atoms with E-state index in [-0.39, 0.29) is 6.42 Å². The van der Waals surface area contributed by atoms with E-state index in [4.69, 9.17) is 0 Å². The fourth-order valence-electron chi connectivity index (χ4n) is 1.53. The molecule has 0 fully saturated rings. The summed E-state index contributed by atoms with van der Waals surface area (Å²) in [4.78, 5) is 0. The minimum Gasteiger partial charge on any atom is -0.373 e. The summed E-state index contributed by atoms with van der Waals surface area (Å²) in [5, 5.41) is 2.31. The van der Waals surface area contributed by atoms with Gasteiger partial charge in [0.15, 0.2) is 0 Å². The number of hydrogen-bond acceptors (Lipinski definition) is 1. The van der Waals surface area contributed by atoms with Gasteiger partial charge in [0, 0.05) is 12.1 Å². The Morgan fingerprint density at radius 2 is 2.00 bits per heavy atom. The third-order valence-electron chi connectivity index (χ3n) is 2.22. The molecule has 1 unspecified atom stereocenters. The third-order valence-corrected chi connectivity index (χ3v) is 2.22. The van der Waals surface area contributed by atoms with Crippen LogP contribution in [0, 0.1) is 5.82 Å². The Labute approximate surface area is 77.7 Å². The second-order valence-corrected chi connectivity index (χ2v) is 3.24. The van der Waals surface area contributed by atoms with Crippen molar-refractivity contribution in [1.29, 1.82) is 0 Å². The highest BCUT2D eigenvalue weighted by Gasteiger charge is 2.42. The molecular formula is C9H7F4N. The normalized spacial score (nSPS) is 20.4. The summed E-state index contributed by atoms with van der Waals surface area (Å²) < 4.78 is 49.5. The van der Waals surface area contributed by atoms with E-state index in [1.807, 2.05) is 0 Å². The number of rotatable bonds is 0. The molecule has 1 aromatic carbocycles. The largest absolute Gasteiger partial charge is 0.408 e. The zero-order chi connectivity index (χ0) is 10.3. The van der Waals surface area contributed by atoms with E-state index < -0.39 is 18.0 Å². The van der Waals surface area contributed by atoms with Crippen molar-refractivity contribution >= 4 is 5.69 Å². The summed E-state index contributed by atoms with van der Waals surface area (Å²) in [7, 11) is 0. The van der Waals surface area contributed by atoms with Crippen molar-refractivity contribution < 1.29 is 17.6 Å². The first-order chi connectivity index (χ1) is 6.47. The summed E-state index contributed by atoms with van der Waals surface area (Å²) in [6, 6.07) is 2.02. The van der Waals surface area contributed by atoms with Crippen LogP contribution in [-0.4, -0.2) is 12.2 Å². The van der Waals surface area contributed by atoms with Gasteiger partial charge in [-0.05, 0) is 23.8 Å². The predicted octanol–water partition coefficient (Wildman–Crippen LogP) is 2.72. The van der Waals surface area contributed by atoms with Crippen LogP contribution < -0.4 is 5.32 Å². The zero-order valence-electron chi connectivity index (χ0n) is 7.03. The predicted molar refractivity (Wildman–Crippen MR) is 43.6 cm³/mol. The molecule has 0 aromatic heterocycles. The zero-order valence-corrected chi connectivity index (χ0v) is 7.03. The van der Waals surface area contributed by atoms with E-state index in [2.05, 4.69) is 5.32 Å². The first-order valence-corrected chi connectivity index (χ1v) is 4.08. The summed E-state index contributed by atoms with van der Waals surface area (Å²) in [6.45, 7) is 0. The molecule has 0 saturated carbocycles. The van der Waals surface area contributed by atoms with Crippen LogP contribution in [0.2, 0.25) is 0 Å². The van der Waals surface area contributed by atoms with Crippen molar-refractivity contribution in [3.63, 3.8) is 0 Å². The van der Waals surface area contributed by atoms with Crippen LogP contribution in [0.3, 0.4) is 0 Å². The van der Waals surface area contributed by atoms with Crippen LogP contribution in [0.15, 0.2) is 18.2 Å². The molecule has 2 rings (SSSR count). The number of halogens is 4. The van der Waals surface area contributed by atoms with Crippen LogP contribution in [-0.2, 0) is 6.42 Å². The molecule has 76 valence electrons. The lowest BCUT2D eigenvalue weighted by Gasteiger charge is -2.14. The summed E-state index contributed by atoms with van der Waals surface area (Å²) in [5.41, 5.74) is 0.751. The molecule has 0 spiro atoms. The van der Waals surface area contributed by atoms with Crippen LogP contribution >= 0.6 is 0 Å². The number of fused-ring (bicyclic) bond motifs is 1. The fourth-order valence-corrected chi connectivity index (χ4v) is 1.53. The Hall–Kier alpha value is -1.26. The molecule has 14 heavy (non-hydrogen) atoms. The van der Waals surface area contributed by atoms with E-state index in [1.165, 1.54) is 6.07 Å². The van der Waals surface area contributed by atoms with Crippen LogP contribution in [0.1, 0.15) is 5.56 Å². The van der Waals surface area contributed by atoms with Gasteiger partial charge in [-0.2, -0.15) is 13.2 Å². The lowest BCUT2D eigenvalue weighted by Crippen LogP contribution is -2.34. The van der Waals surface area contributed by atoms with Gasteiger partial charge in [0.1, 0.15) is 11.9 Å². The Bertz CT molecular complexity index is 358. The van der Waals surface area contributed by atoms with Gasteiger partial charge in [-0.15, -0.1) is 0 Å². The Morgan fingerprint density at radius 1 is 1.29 bits per heavy atom. The van der Waals surface area contributed by atoms with Crippen molar-refractivity contribution in [3.8, 4) is 0 Å². The van der Waals surface area contributed by atoms with Gasteiger partial charge >= 0.3 is 6.18 Å². The van der Waals surface area contributed by atoms with E-state index in [0.29, 0.717) is 11.3 Å². The molecule has 1 atom stereocenters. The van der Waals surface area contributed by atoms with E-state index in [9.17, 15) is 17.6 Å². The van der Waals surface area contributed by atoms with E-state index >= 15 is 0 Å². The average Bonchev–Trinajstić information content (AvgIpc) is 2.45. The molecule has 0 bridgehead atoms. The lowest BCUT2D eigenvalue weighted by molar-refractivity contribution is -0.140. The van der Waals surface area contributed by atoms with Crippen LogP contribution in [0.5, 0.6) is 0 Å². The first kappa shape index (κ1) is 9.30. The third kappa shape index (κ3) is 1.54. The summed E-state index contributed by atoms with van der Waals surface area (Å²) in [6.07, 6.45) is -4.48. The maximum atomic E-state index is 12.7. The maximum Gasteiger partial charge on any atom is 0.408 e. The quantitative estimate of drug-likeness (QED) is 0.642. The van der Waals surface area contributed by atoms with Gasteiger partial charge in [0.05, 0.1) is 0 Å². The molecule has 1 aromatic rings. The van der Waals surface area contributed by atoms with Gasteiger partial charge in [0.2, 0.25) is 0 Å². The molecule has 5 heteroatoms. The smallest absolute Gasteiger partial charge is 0.373 e. The molecule has 0 radical (unpaired) electrons. The van der Waals surface area contributed by atoms with Gasteiger partial charge in [-0.1, -0.05) is 0 Å². The number of anilines is 1. The van der Waals surface area contributed by atoms with Crippen molar-refractivity contribution in [3.05, 3.63) is 29.6 Å². The monoisotopic (exact) mass is 205 g/mol. The highest BCUT2D eigenvalue weighted by Crippen LogP contribution is 2.34. The molecule has 1 heterocycles. The Morgan fingerprint density at radius 3 is 2.64 bits per heavy atom. The molecule has 1 N–H and O–H groups in total. The average molecular weight is 205 g/mol. The maximum absolute atomic E-state index is 12.7. The molecule has 0 saturated heterocycles. The summed E-state index contributed by atoms with van der Waals surface area (Å²) >= 11 is 0. The van der Waals surface area contributed by atoms with Crippen LogP contribution in [0.4, 0.5) is 23.2 Å². The van der Waals surface area contributed by atoms with Crippen molar-refractivity contribution in [2.75, 3.05) is 5.32 Å². The van der Waals surface area contributed by atoms with Crippen molar-refractivity contribution in [2.45, 2.75) is 18.6 Å². The number of alkyl halides is 3. The number of benzene rings is 1. The Kier molecular flexibility index (Phi) is 1.90. The fraction of sp³-hybridized carbons (Fsp3) is 0.333. The van der Waals surface area contributed by atoms with Gasteiger partial charge in [-0.25, -0.2) is 4.39 Å². The Balaban J connectivity index is 2.26. The van der Waals surface area contributed by atoms with E-state index in [0.717, 1.165) is 12.1 Å². The second-order valence-electron chi connectivity index (χ2n) is 3.24. The first-order valence-electron chi connectivity index (χ1n) is 4.08. The van der Waals surface area contributed by atoms with Crippen molar-refractivity contribution in [1.82, 2.24) is 0 Å². The second kappa shape index (κ2) is 2.87. The topological polar surface area (TPSA) is 12.0 Å². The number of nitrogens with one attached hydrogen (secondary N) is 1. The van der Waals surface area contributed by atoms with Gasteiger partial charge in [0.25, 0.3) is 0 Å². The highest BCUT2D eigenvalue weighted by atomic mass is 19.4. The highest BCUT2D eigenvalue weighted by molar-refractivity contribution is 5.57. The van der Waals surface area contributed by atoms with Crippen molar-refractivity contribution in [2.24, 2.45) is 0 Å².